The molecule has 0 spiro atoms. The lowest BCUT2D eigenvalue weighted by Gasteiger charge is -2.37. The minimum absolute atomic E-state index is 0.174. The highest BCUT2D eigenvalue weighted by molar-refractivity contribution is 7.21. The minimum atomic E-state index is -1.59. The van der Waals surface area contributed by atoms with Crippen LogP contribution in [0.25, 0.3) is 10.1 Å². The summed E-state index contributed by atoms with van der Waals surface area (Å²) in [5.41, 5.74) is 22.2. The molecule has 1 fully saturated rings. The number of ketones is 1. The van der Waals surface area contributed by atoms with Crippen LogP contribution in [0.4, 0.5) is 5.69 Å². The number of benzene rings is 2. The molecular formula is C33H34N6O4S. The first-order valence-corrected chi connectivity index (χ1v) is 15.2. The summed E-state index contributed by atoms with van der Waals surface area (Å²) in [6.07, 6.45) is 4.39. The number of nitrogen functional groups attached to an aromatic ring is 1. The fraction of sp³-hybridized carbons (Fsp3) is 0.273. The second-order valence-corrected chi connectivity index (χ2v) is 12.4. The molecule has 2 aromatic heterocycles. The second-order valence-electron chi connectivity index (χ2n) is 11.4. The number of ether oxygens (including phenoxy) is 1. The van der Waals surface area contributed by atoms with Crippen LogP contribution in [0.3, 0.4) is 0 Å². The van der Waals surface area contributed by atoms with Crippen LogP contribution in [-0.2, 0) is 15.1 Å². The summed E-state index contributed by atoms with van der Waals surface area (Å²) in [7, 11) is 0. The third-order valence-corrected chi connectivity index (χ3v) is 9.76. The Morgan fingerprint density at radius 3 is 2.61 bits per heavy atom. The largest absolute Gasteiger partial charge is 0.456 e. The highest BCUT2D eigenvalue weighted by Gasteiger charge is 2.49. The van der Waals surface area contributed by atoms with Crippen LogP contribution in [0.1, 0.15) is 56.5 Å². The molecule has 3 atom stereocenters. The first kappa shape index (κ1) is 29.5. The zero-order valence-corrected chi connectivity index (χ0v) is 25.4. The van der Waals surface area contributed by atoms with Gasteiger partial charge < -0.3 is 32.2 Å². The van der Waals surface area contributed by atoms with Gasteiger partial charge in [0, 0.05) is 41.5 Å². The van der Waals surface area contributed by atoms with Crippen molar-refractivity contribution in [3.8, 4) is 11.5 Å². The number of nitrogens with zero attached hydrogens (tertiary/aromatic N) is 2. The van der Waals surface area contributed by atoms with Gasteiger partial charge in [0.05, 0.1) is 21.8 Å². The van der Waals surface area contributed by atoms with Gasteiger partial charge in [-0.2, -0.15) is 0 Å². The fourth-order valence-electron chi connectivity index (χ4n) is 6.30. The SMILES string of the molecule is C=CC(=O)N1CCCC(NC(=O)c2sc3c(N)ccc4c3c2C(N)C(=O)C4(N)c2ccc(Oc3ccc(C)nc3)cc2C)C1. The van der Waals surface area contributed by atoms with Crippen LogP contribution in [-0.4, -0.2) is 46.6 Å². The normalized spacial score (nSPS) is 21.3. The summed E-state index contributed by atoms with van der Waals surface area (Å²) in [6.45, 7) is 8.31. The van der Waals surface area contributed by atoms with E-state index in [9.17, 15) is 14.4 Å². The van der Waals surface area contributed by atoms with Crippen LogP contribution in [0.15, 0.2) is 61.3 Å². The number of Topliss-reactive ketones (excluding diaryl/α,β-unsaturated/α-hetero) is 1. The molecular weight excluding hydrogens is 576 g/mol. The number of nitrogens with one attached hydrogen (secondary N) is 1. The lowest BCUT2D eigenvalue weighted by atomic mass is 9.69. The average Bonchev–Trinajstić information content (AvgIpc) is 3.42. The van der Waals surface area contributed by atoms with Crippen LogP contribution in [0.5, 0.6) is 11.5 Å². The summed E-state index contributed by atoms with van der Waals surface area (Å²) >= 11 is 1.20. The summed E-state index contributed by atoms with van der Waals surface area (Å²) in [4.78, 5) is 46.4. The summed E-state index contributed by atoms with van der Waals surface area (Å²) in [5, 5.41) is 3.69. The maximum atomic E-state index is 14.2. The molecule has 1 saturated heterocycles. The summed E-state index contributed by atoms with van der Waals surface area (Å²) in [6, 6.07) is 11.1. The molecule has 3 heterocycles. The Hall–Kier alpha value is -4.58. The van der Waals surface area contributed by atoms with E-state index >= 15 is 0 Å². The van der Waals surface area contributed by atoms with Crippen molar-refractivity contribution in [3.63, 3.8) is 0 Å². The molecule has 0 bridgehead atoms. The smallest absolute Gasteiger partial charge is 0.262 e. The van der Waals surface area contributed by atoms with E-state index in [4.69, 9.17) is 21.9 Å². The number of pyridine rings is 1. The predicted octanol–water partition coefficient (Wildman–Crippen LogP) is 3.98. The van der Waals surface area contributed by atoms with Gasteiger partial charge in [-0.3, -0.25) is 19.4 Å². The van der Waals surface area contributed by atoms with E-state index in [0.29, 0.717) is 61.9 Å². The number of aromatic nitrogens is 1. The van der Waals surface area contributed by atoms with Crippen molar-refractivity contribution < 1.29 is 19.1 Å². The summed E-state index contributed by atoms with van der Waals surface area (Å²) in [5.74, 6) is 0.196. The number of piperidine rings is 1. The van der Waals surface area contributed by atoms with Gasteiger partial charge in [-0.05, 0) is 79.8 Å². The first-order chi connectivity index (χ1) is 21.0. The van der Waals surface area contributed by atoms with Crippen molar-refractivity contribution in [2.45, 2.75) is 44.3 Å². The molecule has 44 heavy (non-hydrogen) atoms. The molecule has 10 nitrogen and oxygen atoms in total. The number of likely N-dealkylation sites (tertiary alicyclic amines) is 1. The maximum Gasteiger partial charge on any atom is 0.262 e. The Balaban J connectivity index is 1.38. The van der Waals surface area contributed by atoms with Gasteiger partial charge in [0.2, 0.25) is 5.91 Å². The lowest BCUT2D eigenvalue weighted by molar-refractivity contribution is -0.127. The number of carbonyl (C=O) groups is 3. The fourth-order valence-corrected chi connectivity index (χ4v) is 7.50. The van der Waals surface area contributed by atoms with Crippen molar-refractivity contribution in [1.82, 2.24) is 15.2 Å². The standard InChI is InChI=1S/C33H34N6O4S/c1-4-25(40)39-13-5-6-19(16-39)38-32(42)30-27-26-23(11-12-24(34)29(26)44-30)33(36,31(41)28(27)35)22-10-9-20(14-17(22)2)43-21-8-7-18(3)37-15-21/h4,7-12,14-15,19,28H,1,5-6,13,16,34-36H2,2-3H3,(H,38,42). The Kier molecular flexibility index (Phi) is 7.48. The maximum absolute atomic E-state index is 14.2. The van der Waals surface area contributed by atoms with Crippen molar-refractivity contribution in [3.05, 3.63) is 94.1 Å². The zero-order chi connectivity index (χ0) is 31.3. The molecule has 6 rings (SSSR count). The van der Waals surface area contributed by atoms with Gasteiger partial charge in [0.15, 0.2) is 5.78 Å². The molecule has 2 aromatic carbocycles. The van der Waals surface area contributed by atoms with Crippen molar-refractivity contribution >= 4 is 44.7 Å². The van der Waals surface area contributed by atoms with E-state index in [-0.39, 0.29) is 17.9 Å². The molecule has 2 amide bonds. The number of carbonyl (C=O) groups excluding carboxylic acids is 3. The van der Waals surface area contributed by atoms with Gasteiger partial charge in [0.25, 0.3) is 5.91 Å². The van der Waals surface area contributed by atoms with Gasteiger partial charge in [0.1, 0.15) is 17.0 Å². The Bertz CT molecular complexity index is 1830. The number of anilines is 1. The molecule has 3 unspecified atom stereocenters. The van der Waals surface area contributed by atoms with Crippen molar-refractivity contribution in [1.29, 1.82) is 0 Å². The molecule has 4 aromatic rings. The quantitative estimate of drug-likeness (QED) is 0.188. The second kappa shape index (κ2) is 11.2. The highest BCUT2D eigenvalue weighted by atomic mass is 32.1. The van der Waals surface area contributed by atoms with Crippen molar-refractivity contribution in [2.75, 3.05) is 18.8 Å². The third-order valence-electron chi connectivity index (χ3n) is 8.50. The number of rotatable bonds is 6. The van der Waals surface area contributed by atoms with Crippen LogP contribution >= 0.6 is 11.3 Å². The minimum Gasteiger partial charge on any atom is -0.456 e. The van der Waals surface area contributed by atoms with E-state index in [1.54, 1.807) is 35.4 Å². The molecule has 226 valence electrons. The monoisotopic (exact) mass is 610 g/mol. The van der Waals surface area contributed by atoms with Crippen LogP contribution < -0.4 is 27.3 Å². The number of hydrogen-bond donors (Lipinski definition) is 4. The number of aryl methyl sites for hydroxylation is 2. The molecule has 1 aliphatic carbocycles. The van der Waals surface area contributed by atoms with E-state index in [2.05, 4.69) is 16.9 Å². The Morgan fingerprint density at radius 1 is 1.16 bits per heavy atom. The van der Waals surface area contributed by atoms with Crippen molar-refractivity contribution in [2.24, 2.45) is 11.5 Å². The van der Waals surface area contributed by atoms with Gasteiger partial charge in [-0.1, -0.05) is 18.7 Å². The topological polar surface area (TPSA) is 167 Å². The number of nitrogens with two attached hydrogens (primary N) is 3. The molecule has 0 saturated carbocycles. The van der Waals surface area contributed by atoms with E-state index in [1.807, 2.05) is 32.0 Å². The highest BCUT2D eigenvalue weighted by Crippen LogP contribution is 2.50. The van der Waals surface area contributed by atoms with Crippen LogP contribution in [0.2, 0.25) is 0 Å². The molecule has 2 aliphatic rings. The number of amides is 2. The van der Waals surface area contributed by atoms with Gasteiger partial charge in [-0.15, -0.1) is 11.3 Å². The zero-order valence-electron chi connectivity index (χ0n) is 24.6. The van der Waals surface area contributed by atoms with Gasteiger partial charge in [-0.25, -0.2) is 0 Å². The molecule has 7 N–H and O–H groups in total. The van der Waals surface area contributed by atoms with Crippen LogP contribution in [0, 0.1) is 13.8 Å². The average molecular weight is 611 g/mol. The van der Waals surface area contributed by atoms with Gasteiger partial charge >= 0.3 is 0 Å². The number of hydrogen-bond acceptors (Lipinski definition) is 9. The Morgan fingerprint density at radius 2 is 1.91 bits per heavy atom. The number of thiophene rings is 1. The third kappa shape index (κ3) is 4.83. The molecule has 11 heteroatoms. The molecule has 0 radical (unpaired) electrons. The summed E-state index contributed by atoms with van der Waals surface area (Å²) < 4.78 is 6.64. The molecule has 1 aliphatic heterocycles. The predicted molar refractivity (Wildman–Crippen MR) is 171 cm³/mol. The first-order valence-electron chi connectivity index (χ1n) is 14.4. The Labute approximate surface area is 258 Å². The lowest BCUT2D eigenvalue weighted by Crippen LogP contribution is -2.53. The van der Waals surface area contributed by atoms with E-state index in [1.165, 1.54) is 17.4 Å². The van der Waals surface area contributed by atoms with E-state index < -0.39 is 17.4 Å². The van der Waals surface area contributed by atoms with E-state index in [0.717, 1.165) is 24.1 Å².